The molecule has 0 aromatic rings. The van der Waals surface area contributed by atoms with Gasteiger partial charge in [-0.15, -0.1) is 0 Å². The summed E-state index contributed by atoms with van der Waals surface area (Å²) < 4.78 is 23.1. The molecule has 2 heterocycles. The molecule has 0 bridgehead atoms. The van der Waals surface area contributed by atoms with Crippen molar-refractivity contribution in [2.75, 3.05) is 0 Å². The zero-order valence-corrected chi connectivity index (χ0v) is 43.0. The number of aliphatic hydroxyl groups is 5. The van der Waals surface area contributed by atoms with E-state index < -0.39 is 107 Å². The van der Waals surface area contributed by atoms with Crippen LogP contribution in [-0.4, -0.2) is 127 Å². The molecule has 5 aliphatic carbocycles. The van der Waals surface area contributed by atoms with Crippen molar-refractivity contribution in [1.82, 2.24) is 0 Å². The second kappa shape index (κ2) is 18.6. The van der Waals surface area contributed by atoms with Crippen molar-refractivity contribution in [2.24, 2.45) is 50.2 Å². The number of aliphatic hydroxyl groups excluding tert-OH is 5. The normalized spacial score (nSPS) is 50.0. The van der Waals surface area contributed by atoms with Gasteiger partial charge >= 0.3 is 109 Å². The molecule has 61 heavy (non-hydrogen) atoms. The van der Waals surface area contributed by atoms with Crippen LogP contribution in [0.1, 0.15) is 106 Å². The minimum Gasteiger partial charge on any atom is -0.547 e. The van der Waals surface area contributed by atoms with Crippen molar-refractivity contribution < 1.29 is 187 Å². The molecule has 2 saturated heterocycles. The predicted octanol–water partition coefficient (Wildman–Crippen LogP) is -7.24. The maximum atomic E-state index is 14.8. The van der Waals surface area contributed by atoms with Crippen LogP contribution >= 0.6 is 0 Å². The molecule has 6 fully saturated rings. The summed E-state index contributed by atoms with van der Waals surface area (Å²) in [7, 11) is 0. The number of ether oxygens (including phenoxy) is 4. The van der Waals surface area contributed by atoms with Gasteiger partial charge < -0.3 is 74.9 Å². The largest absolute Gasteiger partial charge is 1.00 e. The number of hydrogen-bond donors (Lipinski definition) is 6. The fourth-order valence-corrected chi connectivity index (χ4v) is 13.4. The number of hydrogen-bond acceptors (Lipinski definition) is 15. The molecule has 334 valence electrons. The molecule has 0 aromatic heterocycles. The van der Waals surface area contributed by atoms with Gasteiger partial charge in [0.25, 0.3) is 0 Å². The number of rotatable bonds is 7. The van der Waals surface area contributed by atoms with Crippen LogP contribution in [-0.2, 0) is 38.1 Å². The fourth-order valence-electron chi connectivity index (χ4n) is 13.4. The number of allylic oxidation sites excluding steroid dienone is 2. The first-order valence-electron chi connectivity index (χ1n) is 20.7. The summed E-state index contributed by atoms with van der Waals surface area (Å²) in [5.74, 6) is -5.04. The van der Waals surface area contributed by atoms with E-state index in [-0.39, 0.29) is 143 Å². The molecule has 7 rings (SSSR count). The summed E-state index contributed by atoms with van der Waals surface area (Å²) >= 11 is 0. The average molecular weight is 917 g/mol. The maximum absolute atomic E-state index is 14.8. The SMILES string of the molecule is CC1(C)[C@@H](O[C@H]2O[C@H](C(=O)[O-])[C@@H](O)[C@H](O)[C@H]2O[C@@H]2O[C@H](C(=O)[O-])[C@@H](O)[C@H](O)[C@H]2O)CC[C@]2(C)[C@H]3C(=O)C=C4[C@@H]5C[C@@](C)(C(=O)O)CC[C@]5(C)CC[C@@]4(C)[C@]3(C)CC[C@@H]12.O.[K+].[K+]. The number of ketones is 1. The van der Waals surface area contributed by atoms with E-state index in [9.17, 15) is 60.0 Å². The Kier molecular flexibility index (Phi) is 16.6. The molecule has 0 amide bonds. The number of fused-ring (bicyclic) bond motifs is 7. The van der Waals surface area contributed by atoms with E-state index in [4.69, 9.17) is 18.9 Å². The van der Waals surface area contributed by atoms with E-state index >= 15 is 0 Å². The topological polar surface area (TPSA) is 304 Å². The van der Waals surface area contributed by atoms with Gasteiger partial charge in [0.15, 0.2) is 18.4 Å². The van der Waals surface area contributed by atoms with Crippen molar-refractivity contribution >= 4 is 23.7 Å². The number of carboxylic acid groups (broad SMARTS) is 3. The Labute approximate surface area is 441 Å². The van der Waals surface area contributed by atoms with Gasteiger partial charge in [-0.2, -0.15) is 0 Å². The summed E-state index contributed by atoms with van der Waals surface area (Å²) in [5, 5.41) is 87.1. The third-order valence-corrected chi connectivity index (χ3v) is 17.2. The second-order valence-corrected chi connectivity index (χ2v) is 20.6. The summed E-state index contributed by atoms with van der Waals surface area (Å²) in [6.07, 6.45) is -13.1. The smallest absolute Gasteiger partial charge is 0.547 e. The molecule has 7 aliphatic rings. The molecular formula is C42H62K2O17. The number of carbonyl (C=O) groups excluding carboxylic acids is 3. The Morgan fingerprint density at radius 1 is 0.721 bits per heavy atom. The van der Waals surface area contributed by atoms with Crippen LogP contribution < -0.4 is 113 Å². The van der Waals surface area contributed by atoms with Crippen molar-refractivity contribution in [2.45, 2.75) is 174 Å². The van der Waals surface area contributed by atoms with Gasteiger partial charge in [-0.3, -0.25) is 9.59 Å². The fraction of sp³-hybridized carbons (Fsp3) is 0.857. The molecule has 0 unspecified atom stereocenters. The quantitative estimate of drug-likeness (QED) is 0.102. The zero-order chi connectivity index (χ0) is 42.9. The van der Waals surface area contributed by atoms with Crippen LogP contribution in [0.15, 0.2) is 11.6 Å². The first-order valence-corrected chi connectivity index (χ1v) is 20.7. The van der Waals surface area contributed by atoms with E-state index in [1.54, 1.807) is 0 Å². The predicted molar refractivity (Wildman–Crippen MR) is 198 cm³/mol. The minimum atomic E-state index is -2.15. The summed E-state index contributed by atoms with van der Waals surface area (Å²) in [6.45, 7) is 14.8. The van der Waals surface area contributed by atoms with Crippen LogP contribution in [0.2, 0.25) is 0 Å². The number of aliphatic carboxylic acids is 3. The van der Waals surface area contributed by atoms with E-state index in [1.807, 2.05) is 26.8 Å². The van der Waals surface area contributed by atoms with Crippen LogP contribution in [0.3, 0.4) is 0 Å². The van der Waals surface area contributed by atoms with Gasteiger partial charge in [-0.25, -0.2) is 0 Å². The second-order valence-electron chi connectivity index (χ2n) is 20.6. The Balaban J connectivity index is 0.00000273. The van der Waals surface area contributed by atoms with Crippen molar-refractivity contribution in [1.29, 1.82) is 0 Å². The standard InChI is InChI=1S/C42H62O16.2K.H2O/c1-37(2)21-8-11-42(7)31(20(43)16-18-19-17-39(4,36(53)54)13-12-38(19,3)14-15-41(18,42)6)40(21,5)10-9-22(37)55-35-30(26(47)25(46)29(57-35)33(51)52)58-34-27(48)23(44)24(45)28(56-34)32(49)50;;;/h16,19,21-31,34-35,44-48H,8-15,17H2,1-7H3,(H,49,50)(H,51,52)(H,53,54);;;1H2/q;2*+1;/p-2/t19-,21-,22-,23-,24-,25-,26-,27+,28-,29-,30+,31+,34-,35-,38+,39-,40-,41+,42+;;;/m0.../s1. The molecule has 4 saturated carbocycles. The third kappa shape index (κ3) is 8.52. The summed E-state index contributed by atoms with van der Waals surface area (Å²) in [5.41, 5.74) is -1.89. The molecule has 0 radical (unpaired) electrons. The Hall–Kier alpha value is 0.693. The molecule has 0 spiro atoms. The summed E-state index contributed by atoms with van der Waals surface area (Å²) in [4.78, 5) is 51.1. The maximum Gasteiger partial charge on any atom is 1.00 e. The van der Waals surface area contributed by atoms with E-state index in [0.29, 0.717) is 38.5 Å². The van der Waals surface area contributed by atoms with E-state index in [0.717, 1.165) is 24.8 Å². The number of carbonyl (C=O) groups is 4. The van der Waals surface area contributed by atoms with Crippen molar-refractivity contribution in [3.63, 3.8) is 0 Å². The first kappa shape index (κ1) is 54.3. The Morgan fingerprint density at radius 2 is 1.28 bits per heavy atom. The average Bonchev–Trinajstić information content (AvgIpc) is 3.13. The molecule has 17 nitrogen and oxygen atoms in total. The molecule has 8 N–H and O–H groups in total. The van der Waals surface area contributed by atoms with Gasteiger partial charge in [0.05, 0.1) is 23.5 Å². The van der Waals surface area contributed by atoms with Gasteiger partial charge in [0.2, 0.25) is 0 Å². The molecule has 19 atom stereocenters. The van der Waals surface area contributed by atoms with Crippen LogP contribution in [0.5, 0.6) is 0 Å². The van der Waals surface area contributed by atoms with Crippen molar-refractivity contribution in [3.8, 4) is 0 Å². The van der Waals surface area contributed by atoms with Crippen LogP contribution in [0.25, 0.3) is 0 Å². The van der Waals surface area contributed by atoms with Gasteiger partial charge in [-0.1, -0.05) is 47.1 Å². The monoisotopic (exact) mass is 916 g/mol. The first-order chi connectivity index (χ1) is 26.8. The third-order valence-electron chi connectivity index (χ3n) is 17.2. The van der Waals surface area contributed by atoms with Crippen LogP contribution in [0, 0.1) is 50.2 Å². The molecule has 19 heteroatoms. The Bertz CT molecular complexity index is 1750. The zero-order valence-electron chi connectivity index (χ0n) is 36.8. The summed E-state index contributed by atoms with van der Waals surface area (Å²) in [6, 6.07) is 0. The molecule has 0 aromatic carbocycles. The van der Waals surface area contributed by atoms with Crippen molar-refractivity contribution in [3.05, 3.63) is 11.6 Å². The minimum absolute atomic E-state index is 0. The number of carboxylic acids is 3. The molecular weight excluding hydrogens is 855 g/mol. The van der Waals surface area contributed by atoms with Gasteiger partial charge in [0.1, 0.15) is 48.8 Å². The van der Waals surface area contributed by atoms with E-state index in [1.165, 1.54) is 0 Å². The van der Waals surface area contributed by atoms with Gasteiger partial charge in [0, 0.05) is 5.92 Å². The molecule has 2 aliphatic heterocycles. The Morgan fingerprint density at radius 3 is 1.85 bits per heavy atom. The van der Waals surface area contributed by atoms with E-state index in [2.05, 4.69) is 27.7 Å². The van der Waals surface area contributed by atoms with Gasteiger partial charge in [-0.05, 0) is 110 Å². The van der Waals surface area contributed by atoms with Crippen LogP contribution in [0.4, 0.5) is 0 Å².